The normalized spacial score (nSPS) is 15.7. The summed E-state index contributed by atoms with van der Waals surface area (Å²) >= 11 is 0. The van der Waals surface area contributed by atoms with E-state index in [1.807, 2.05) is 31.2 Å². The van der Waals surface area contributed by atoms with Gasteiger partial charge in [0.2, 0.25) is 0 Å². The predicted molar refractivity (Wildman–Crippen MR) is 77.6 cm³/mol. The van der Waals surface area contributed by atoms with Gasteiger partial charge >= 0.3 is 5.97 Å². The number of esters is 1. The Morgan fingerprint density at radius 2 is 2.00 bits per heavy atom. The first-order chi connectivity index (χ1) is 9.72. The molecule has 0 bridgehead atoms. The quantitative estimate of drug-likeness (QED) is 0.742. The Hall–Kier alpha value is -1.55. The lowest BCUT2D eigenvalue weighted by Gasteiger charge is -2.16. The summed E-state index contributed by atoms with van der Waals surface area (Å²) in [5, 5.41) is 3.46. The van der Waals surface area contributed by atoms with Gasteiger partial charge in [0.1, 0.15) is 5.75 Å². The zero-order valence-corrected chi connectivity index (χ0v) is 12.2. The lowest BCUT2D eigenvalue weighted by molar-refractivity contribution is -0.151. The highest BCUT2D eigenvalue weighted by atomic mass is 16.6. The molecule has 0 amide bonds. The van der Waals surface area contributed by atoms with Crippen LogP contribution >= 0.6 is 0 Å². The van der Waals surface area contributed by atoms with Crippen molar-refractivity contribution in [3.05, 3.63) is 29.8 Å². The Morgan fingerprint density at radius 3 is 2.55 bits per heavy atom. The molecule has 0 heterocycles. The molecule has 1 N–H and O–H groups in total. The molecule has 0 radical (unpaired) electrons. The van der Waals surface area contributed by atoms with Crippen molar-refractivity contribution in [3.63, 3.8) is 0 Å². The van der Waals surface area contributed by atoms with E-state index in [0.717, 1.165) is 6.54 Å². The molecule has 1 aromatic rings. The van der Waals surface area contributed by atoms with Crippen molar-refractivity contribution in [1.82, 2.24) is 5.32 Å². The van der Waals surface area contributed by atoms with Gasteiger partial charge in [0, 0.05) is 12.6 Å². The molecule has 4 heteroatoms. The Morgan fingerprint density at radius 1 is 1.30 bits per heavy atom. The van der Waals surface area contributed by atoms with Gasteiger partial charge in [-0.1, -0.05) is 19.1 Å². The summed E-state index contributed by atoms with van der Waals surface area (Å²) in [5.41, 5.74) is 1.23. The number of hydrogen-bond acceptors (Lipinski definition) is 4. The van der Waals surface area contributed by atoms with Crippen LogP contribution in [0.1, 0.15) is 38.7 Å². The highest BCUT2D eigenvalue weighted by molar-refractivity contribution is 5.75. The Balaban J connectivity index is 1.85. The zero-order valence-electron chi connectivity index (χ0n) is 12.2. The summed E-state index contributed by atoms with van der Waals surface area (Å²) < 4.78 is 10.7. The second-order valence-electron chi connectivity index (χ2n) is 5.07. The monoisotopic (exact) mass is 277 g/mol. The summed E-state index contributed by atoms with van der Waals surface area (Å²) in [6.45, 7) is 4.98. The molecule has 0 spiro atoms. The van der Waals surface area contributed by atoms with Crippen LogP contribution < -0.4 is 10.1 Å². The van der Waals surface area contributed by atoms with E-state index in [2.05, 4.69) is 5.32 Å². The first-order valence-corrected chi connectivity index (χ1v) is 7.38. The molecule has 1 atom stereocenters. The van der Waals surface area contributed by atoms with E-state index in [4.69, 9.17) is 9.47 Å². The van der Waals surface area contributed by atoms with Crippen LogP contribution in [0.2, 0.25) is 0 Å². The number of nitrogens with one attached hydrogen (secondary N) is 1. The molecule has 1 unspecified atom stereocenters. The van der Waals surface area contributed by atoms with E-state index in [1.54, 1.807) is 6.92 Å². The van der Waals surface area contributed by atoms with Gasteiger partial charge in [-0.25, -0.2) is 4.79 Å². The SMILES string of the molecule is CCOC(=O)C(CC)Oc1ccc(CNC2CC2)cc1. The average molecular weight is 277 g/mol. The Labute approximate surface area is 120 Å². The van der Waals surface area contributed by atoms with E-state index in [0.29, 0.717) is 24.8 Å². The van der Waals surface area contributed by atoms with Crippen LogP contribution in [0.15, 0.2) is 24.3 Å². The molecule has 4 nitrogen and oxygen atoms in total. The van der Waals surface area contributed by atoms with Crippen LogP contribution in [-0.4, -0.2) is 24.7 Å². The highest BCUT2D eigenvalue weighted by Crippen LogP contribution is 2.20. The average Bonchev–Trinajstić information content (AvgIpc) is 3.28. The van der Waals surface area contributed by atoms with E-state index >= 15 is 0 Å². The van der Waals surface area contributed by atoms with Crippen LogP contribution in [0.4, 0.5) is 0 Å². The third kappa shape index (κ3) is 4.53. The molecule has 0 aliphatic heterocycles. The van der Waals surface area contributed by atoms with Gasteiger partial charge < -0.3 is 14.8 Å². The second-order valence-corrected chi connectivity index (χ2v) is 5.07. The maximum atomic E-state index is 11.7. The Kier molecular flexibility index (Phi) is 5.41. The number of benzene rings is 1. The molecule has 1 aromatic carbocycles. The summed E-state index contributed by atoms with van der Waals surface area (Å²) in [6, 6.07) is 8.59. The molecule has 1 aliphatic rings. The fourth-order valence-corrected chi connectivity index (χ4v) is 1.93. The van der Waals surface area contributed by atoms with Gasteiger partial charge in [-0.3, -0.25) is 0 Å². The van der Waals surface area contributed by atoms with Gasteiger partial charge in [0.15, 0.2) is 6.10 Å². The van der Waals surface area contributed by atoms with E-state index < -0.39 is 6.10 Å². The minimum absolute atomic E-state index is 0.297. The summed E-state index contributed by atoms with van der Waals surface area (Å²) in [7, 11) is 0. The van der Waals surface area contributed by atoms with E-state index in [9.17, 15) is 4.79 Å². The zero-order chi connectivity index (χ0) is 14.4. The predicted octanol–water partition coefficient (Wildman–Crippen LogP) is 2.66. The largest absolute Gasteiger partial charge is 0.479 e. The van der Waals surface area contributed by atoms with Crippen LogP contribution in [0.5, 0.6) is 5.75 Å². The van der Waals surface area contributed by atoms with E-state index in [1.165, 1.54) is 18.4 Å². The first-order valence-electron chi connectivity index (χ1n) is 7.38. The number of carbonyl (C=O) groups excluding carboxylic acids is 1. The highest BCUT2D eigenvalue weighted by Gasteiger charge is 2.20. The van der Waals surface area contributed by atoms with Gasteiger partial charge in [-0.2, -0.15) is 0 Å². The maximum Gasteiger partial charge on any atom is 0.347 e. The molecule has 2 rings (SSSR count). The maximum absolute atomic E-state index is 11.7. The lowest BCUT2D eigenvalue weighted by atomic mass is 10.2. The molecule has 0 saturated heterocycles. The van der Waals surface area contributed by atoms with Crippen molar-refractivity contribution >= 4 is 5.97 Å². The smallest absolute Gasteiger partial charge is 0.347 e. The second kappa shape index (κ2) is 7.29. The Bertz CT molecular complexity index is 426. The van der Waals surface area contributed by atoms with Crippen molar-refractivity contribution in [1.29, 1.82) is 0 Å². The number of ether oxygens (including phenoxy) is 2. The summed E-state index contributed by atoms with van der Waals surface area (Å²) in [5.74, 6) is 0.412. The topological polar surface area (TPSA) is 47.6 Å². The molecule has 1 fully saturated rings. The van der Waals surface area contributed by atoms with Crippen LogP contribution in [-0.2, 0) is 16.1 Å². The summed E-state index contributed by atoms with van der Waals surface area (Å²) in [4.78, 5) is 11.7. The van der Waals surface area contributed by atoms with E-state index in [-0.39, 0.29) is 5.97 Å². The number of carbonyl (C=O) groups is 1. The van der Waals surface area contributed by atoms with Crippen molar-refractivity contribution in [3.8, 4) is 5.75 Å². The van der Waals surface area contributed by atoms with Gasteiger partial charge in [0.05, 0.1) is 6.61 Å². The molecule has 0 aromatic heterocycles. The fraction of sp³-hybridized carbons (Fsp3) is 0.562. The molecule has 20 heavy (non-hydrogen) atoms. The molecule has 1 aliphatic carbocycles. The third-order valence-corrected chi connectivity index (χ3v) is 3.29. The first kappa shape index (κ1) is 14.9. The van der Waals surface area contributed by atoms with Gasteiger partial charge in [0.25, 0.3) is 0 Å². The summed E-state index contributed by atoms with van der Waals surface area (Å²) in [6.07, 6.45) is 2.66. The number of rotatable bonds is 8. The van der Waals surface area contributed by atoms with Crippen molar-refractivity contribution in [2.75, 3.05) is 6.61 Å². The van der Waals surface area contributed by atoms with Crippen molar-refractivity contribution < 1.29 is 14.3 Å². The van der Waals surface area contributed by atoms with Gasteiger partial charge in [-0.05, 0) is 43.9 Å². The van der Waals surface area contributed by atoms with Crippen LogP contribution in [0.25, 0.3) is 0 Å². The van der Waals surface area contributed by atoms with Crippen molar-refractivity contribution in [2.45, 2.75) is 51.8 Å². The third-order valence-electron chi connectivity index (χ3n) is 3.29. The fourth-order valence-electron chi connectivity index (χ4n) is 1.93. The van der Waals surface area contributed by atoms with Gasteiger partial charge in [-0.15, -0.1) is 0 Å². The standard InChI is InChI=1S/C16H23NO3/c1-3-15(16(18)19-4-2)20-14-9-5-12(6-10-14)11-17-13-7-8-13/h5-6,9-10,13,15,17H,3-4,7-8,11H2,1-2H3. The minimum Gasteiger partial charge on any atom is -0.479 e. The lowest BCUT2D eigenvalue weighted by Crippen LogP contribution is -2.28. The minimum atomic E-state index is -0.523. The van der Waals surface area contributed by atoms with Crippen molar-refractivity contribution in [2.24, 2.45) is 0 Å². The molecular formula is C16H23NO3. The molecular weight excluding hydrogens is 254 g/mol. The van der Waals surface area contributed by atoms with Crippen LogP contribution in [0, 0.1) is 0 Å². The molecule has 110 valence electrons. The number of hydrogen-bond donors (Lipinski definition) is 1. The molecule has 1 saturated carbocycles. The van der Waals surface area contributed by atoms with Crippen LogP contribution in [0.3, 0.4) is 0 Å².